The molecule has 0 bridgehead atoms. The van der Waals surface area contributed by atoms with Gasteiger partial charge >= 0.3 is 5.97 Å². The largest absolute Gasteiger partial charge is 0.460 e. The summed E-state index contributed by atoms with van der Waals surface area (Å²) in [6.45, 7) is 5.74. The molecule has 0 saturated carbocycles. The Kier molecular flexibility index (Phi) is 7.94. The van der Waals surface area contributed by atoms with Crippen LogP contribution in [0.25, 0.3) is 0 Å². The van der Waals surface area contributed by atoms with Crippen LogP contribution >= 0.6 is 0 Å². The zero-order valence-corrected chi connectivity index (χ0v) is 12.6. The molecular weight excluding hydrogens is 296 g/mol. The highest BCUT2D eigenvalue weighted by molar-refractivity contribution is 5.87. The zero-order valence-electron chi connectivity index (χ0n) is 12.6. The lowest BCUT2D eigenvalue weighted by Crippen LogP contribution is -2.58. The van der Waals surface area contributed by atoms with E-state index in [-0.39, 0.29) is 25.2 Å². The predicted octanol–water partition coefficient (Wildman–Crippen LogP) is -1.65. The summed E-state index contributed by atoms with van der Waals surface area (Å²) < 4.78 is 15.2. The van der Waals surface area contributed by atoms with Gasteiger partial charge in [-0.25, -0.2) is 4.79 Å². The van der Waals surface area contributed by atoms with E-state index >= 15 is 0 Å². The summed E-state index contributed by atoms with van der Waals surface area (Å²) >= 11 is 0. The van der Waals surface area contributed by atoms with E-state index in [0.717, 1.165) is 0 Å². The van der Waals surface area contributed by atoms with Gasteiger partial charge in [0, 0.05) is 18.6 Å². The van der Waals surface area contributed by atoms with E-state index in [2.05, 4.69) is 6.58 Å². The molecule has 1 heterocycles. The smallest absolute Gasteiger partial charge is 0.333 e. The van der Waals surface area contributed by atoms with Crippen LogP contribution in [0, 0.1) is 0 Å². The minimum absolute atomic E-state index is 0.0563. The van der Waals surface area contributed by atoms with Crippen molar-refractivity contribution >= 4 is 5.97 Å². The highest BCUT2D eigenvalue weighted by Crippen LogP contribution is 2.25. The van der Waals surface area contributed by atoms with Crippen molar-refractivity contribution in [3.8, 4) is 0 Å². The number of ether oxygens (including phenoxy) is 3. The highest BCUT2D eigenvalue weighted by atomic mass is 16.6. The van der Waals surface area contributed by atoms with Gasteiger partial charge in [0.15, 0.2) is 0 Å². The molecule has 0 aromatic heterocycles. The van der Waals surface area contributed by atoms with Gasteiger partial charge in [0.25, 0.3) is 0 Å². The van der Waals surface area contributed by atoms with Crippen molar-refractivity contribution in [1.82, 2.24) is 0 Å². The van der Waals surface area contributed by atoms with Crippen molar-refractivity contribution in [2.45, 2.75) is 43.9 Å². The Morgan fingerprint density at radius 1 is 1.14 bits per heavy atom. The molecule has 0 amide bonds. The Morgan fingerprint density at radius 3 is 2.36 bits per heavy atom. The first-order chi connectivity index (χ1) is 10.4. The first kappa shape index (κ1) is 19.0. The molecule has 0 aromatic rings. The van der Waals surface area contributed by atoms with Crippen molar-refractivity contribution in [2.75, 3.05) is 26.4 Å². The van der Waals surface area contributed by atoms with E-state index in [0.29, 0.717) is 6.61 Å². The molecule has 128 valence electrons. The summed E-state index contributed by atoms with van der Waals surface area (Å²) in [7, 11) is 0. The Morgan fingerprint density at radius 2 is 1.77 bits per heavy atom. The molecule has 8 nitrogen and oxygen atoms in total. The molecule has 1 saturated heterocycles. The van der Waals surface area contributed by atoms with Crippen LogP contribution in [0.4, 0.5) is 0 Å². The lowest BCUT2D eigenvalue weighted by Gasteiger charge is -2.40. The maximum absolute atomic E-state index is 11.7. The van der Waals surface area contributed by atoms with Gasteiger partial charge in [0.2, 0.25) is 0 Å². The van der Waals surface area contributed by atoms with Crippen LogP contribution in [0.5, 0.6) is 0 Å². The number of carbonyl (C=O) groups is 1. The van der Waals surface area contributed by atoms with Crippen LogP contribution in [0.15, 0.2) is 12.2 Å². The molecule has 1 fully saturated rings. The lowest BCUT2D eigenvalue weighted by atomic mass is 9.92. The van der Waals surface area contributed by atoms with Crippen molar-refractivity contribution in [3.05, 3.63) is 12.2 Å². The molecule has 1 aliphatic heterocycles. The SMILES string of the molecule is C=C(CC1O[C@H](CO)[C@@H](O)[C@H](O)[C@H]1O)C(=O)OCCOCC. The topological polar surface area (TPSA) is 126 Å². The average Bonchev–Trinajstić information content (AvgIpc) is 2.51. The summed E-state index contributed by atoms with van der Waals surface area (Å²) in [6, 6.07) is 0. The molecule has 8 heteroatoms. The molecule has 22 heavy (non-hydrogen) atoms. The fraction of sp³-hybridized carbons (Fsp3) is 0.786. The monoisotopic (exact) mass is 320 g/mol. The third-order valence-corrected chi connectivity index (χ3v) is 3.39. The van der Waals surface area contributed by atoms with Gasteiger partial charge in [-0.15, -0.1) is 0 Å². The number of carbonyl (C=O) groups excluding carboxylic acids is 1. The second kappa shape index (κ2) is 9.19. The van der Waals surface area contributed by atoms with Crippen molar-refractivity contribution in [2.24, 2.45) is 0 Å². The molecule has 5 atom stereocenters. The minimum atomic E-state index is -1.47. The Labute approximate surface area is 128 Å². The third kappa shape index (κ3) is 5.01. The summed E-state index contributed by atoms with van der Waals surface area (Å²) in [6.07, 6.45) is -6.37. The van der Waals surface area contributed by atoms with Crippen LogP contribution in [0.2, 0.25) is 0 Å². The summed E-state index contributed by atoms with van der Waals surface area (Å²) in [5, 5.41) is 38.3. The molecule has 0 spiro atoms. The van der Waals surface area contributed by atoms with Gasteiger partial charge in [-0.2, -0.15) is 0 Å². The maximum Gasteiger partial charge on any atom is 0.333 e. The Hall–Kier alpha value is -1.03. The first-order valence-electron chi connectivity index (χ1n) is 7.15. The number of esters is 1. The molecule has 1 unspecified atom stereocenters. The Balaban J connectivity index is 2.50. The van der Waals surface area contributed by atoms with Gasteiger partial charge in [0.05, 0.1) is 19.3 Å². The second-order valence-corrected chi connectivity index (χ2v) is 5.01. The van der Waals surface area contributed by atoms with E-state index in [9.17, 15) is 20.1 Å². The van der Waals surface area contributed by atoms with Crippen LogP contribution in [0.1, 0.15) is 13.3 Å². The normalized spacial score (nSPS) is 31.8. The van der Waals surface area contributed by atoms with Crippen molar-refractivity contribution < 1.29 is 39.4 Å². The Bertz CT molecular complexity index is 370. The number of hydrogen-bond acceptors (Lipinski definition) is 8. The third-order valence-electron chi connectivity index (χ3n) is 3.39. The maximum atomic E-state index is 11.7. The number of aliphatic hydroxyl groups excluding tert-OH is 4. The van der Waals surface area contributed by atoms with Gasteiger partial charge in [0.1, 0.15) is 31.0 Å². The van der Waals surface area contributed by atoms with Crippen LogP contribution in [-0.2, 0) is 19.0 Å². The minimum Gasteiger partial charge on any atom is -0.460 e. The average molecular weight is 320 g/mol. The molecule has 4 N–H and O–H groups in total. The molecular formula is C14H24O8. The van der Waals surface area contributed by atoms with E-state index in [4.69, 9.17) is 19.3 Å². The fourth-order valence-corrected chi connectivity index (χ4v) is 2.11. The van der Waals surface area contributed by atoms with Crippen LogP contribution in [0.3, 0.4) is 0 Å². The first-order valence-corrected chi connectivity index (χ1v) is 7.15. The van der Waals surface area contributed by atoms with Crippen molar-refractivity contribution in [3.63, 3.8) is 0 Å². The van der Waals surface area contributed by atoms with Gasteiger partial charge in [-0.05, 0) is 6.92 Å². The molecule has 0 aromatic carbocycles. The predicted molar refractivity (Wildman–Crippen MR) is 75.0 cm³/mol. The summed E-state index contributed by atoms with van der Waals surface area (Å²) in [5.74, 6) is -0.656. The second-order valence-electron chi connectivity index (χ2n) is 5.01. The van der Waals surface area contributed by atoms with Gasteiger partial charge < -0.3 is 34.6 Å². The fourth-order valence-electron chi connectivity index (χ4n) is 2.11. The molecule has 1 rings (SSSR count). The number of aliphatic hydroxyl groups is 4. The lowest BCUT2D eigenvalue weighted by molar-refractivity contribution is -0.228. The number of hydrogen-bond donors (Lipinski definition) is 4. The van der Waals surface area contributed by atoms with Gasteiger partial charge in [-0.3, -0.25) is 0 Å². The van der Waals surface area contributed by atoms with E-state index in [1.165, 1.54) is 0 Å². The summed E-state index contributed by atoms with van der Waals surface area (Å²) in [4.78, 5) is 11.7. The molecule has 1 aliphatic rings. The zero-order chi connectivity index (χ0) is 16.7. The van der Waals surface area contributed by atoms with Gasteiger partial charge in [-0.1, -0.05) is 6.58 Å². The highest BCUT2D eigenvalue weighted by Gasteiger charge is 2.43. The molecule has 0 radical (unpaired) electrons. The van der Waals surface area contributed by atoms with E-state index in [1.54, 1.807) is 0 Å². The standard InChI is InChI=1S/C14H24O8/c1-3-20-4-5-21-14(19)8(2)6-9-11(16)13(18)12(17)10(7-15)22-9/h9-13,15-18H,2-7H2,1H3/t9?,10-,11+,12-,13-/m1/s1. The van der Waals surface area contributed by atoms with Crippen LogP contribution in [-0.4, -0.2) is 83.3 Å². The van der Waals surface area contributed by atoms with E-state index in [1.807, 2.05) is 6.92 Å². The quantitative estimate of drug-likeness (QED) is 0.238. The molecule has 0 aliphatic carbocycles. The van der Waals surface area contributed by atoms with Crippen LogP contribution < -0.4 is 0 Å². The van der Waals surface area contributed by atoms with E-state index < -0.39 is 43.1 Å². The number of rotatable bonds is 8. The summed E-state index contributed by atoms with van der Waals surface area (Å²) in [5.41, 5.74) is 0.0563. The van der Waals surface area contributed by atoms with Crippen molar-refractivity contribution in [1.29, 1.82) is 0 Å².